The number of ether oxygens (including phenoxy) is 1. The molecule has 0 radical (unpaired) electrons. The van der Waals surface area contributed by atoms with Gasteiger partial charge in [0.05, 0.1) is 5.60 Å². The van der Waals surface area contributed by atoms with Crippen molar-refractivity contribution in [2.75, 3.05) is 0 Å². The molecule has 1 aromatic carbocycles. The number of hydrogen-bond donors (Lipinski definition) is 0. The van der Waals surface area contributed by atoms with Crippen LogP contribution in [0.3, 0.4) is 0 Å². The lowest BCUT2D eigenvalue weighted by Crippen LogP contribution is -2.27. The smallest absolute Gasteiger partial charge is 0.449 e. The molecule has 0 saturated carbocycles. The maximum Gasteiger partial charge on any atom is 0.449 e. The number of hydrogen-bond acceptors (Lipinski definition) is 5. The molecule has 0 fully saturated rings. The van der Waals surface area contributed by atoms with Gasteiger partial charge in [0.1, 0.15) is 17.1 Å². The van der Waals surface area contributed by atoms with Gasteiger partial charge in [-0.05, 0) is 65.8 Å². The van der Waals surface area contributed by atoms with Crippen LogP contribution in [0, 0.1) is 0 Å². The third kappa shape index (κ3) is 6.77. The molecule has 5 nitrogen and oxygen atoms in total. The maximum absolute atomic E-state index is 11.7. The molecule has 0 unspecified atom stereocenters. The number of benzene rings is 1. The Hall–Kier alpha value is -1.27. The van der Waals surface area contributed by atoms with Crippen molar-refractivity contribution < 1.29 is 21.5 Å². The molecule has 0 N–H and O–H groups in total. The predicted octanol–water partition coefficient (Wildman–Crippen LogP) is 3.30. The highest BCUT2D eigenvalue weighted by molar-refractivity contribution is 7.82. The van der Waals surface area contributed by atoms with Gasteiger partial charge < -0.3 is 8.92 Å². The van der Waals surface area contributed by atoms with Gasteiger partial charge in [-0.2, -0.15) is 8.42 Å². The van der Waals surface area contributed by atoms with E-state index in [1.807, 2.05) is 20.8 Å². The van der Waals surface area contributed by atoms with E-state index in [1.165, 1.54) is 12.1 Å². The van der Waals surface area contributed by atoms with Crippen LogP contribution in [0.4, 0.5) is 0 Å². The van der Waals surface area contributed by atoms with E-state index in [4.69, 9.17) is 13.1 Å². The molecule has 0 aliphatic rings. The highest BCUT2D eigenvalue weighted by Gasteiger charge is 2.24. The summed E-state index contributed by atoms with van der Waals surface area (Å²) in [6, 6.07) is 6.33. The van der Waals surface area contributed by atoms with E-state index in [0.29, 0.717) is 5.75 Å². The van der Waals surface area contributed by atoms with Crippen LogP contribution in [0.5, 0.6) is 11.5 Å². The zero-order chi connectivity index (χ0) is 15.6. The van der Waals surface area contributed by atoms with Gasteiger partial charge in [0.2, 0.25) is 0 Å². The van der Waals surface area contributed by atoms with Gasteiger partial charge in [-0.15, -0.1) is 0 Å². The number of rotatable bonds is 4. The first-order valence-electron chi connectivity index (χ1n) is 6.30. The van der Waals surface area contributed by atoms with Crippen LogP contribution in [-0.4, -0.2) is 19.6 Å². The Morgan fingerprint density at radius 1 is 0.800 bits per heavy atom. The average molecular weight is 302 g/mol. The van der Waals surface area contributed by atoms with Crippen molar-refractivity contribution in [1.82, 2.24) is 0 Å². The second-order valence-corrected chi connectivity index (χ2v) is 7.52. The molecule has 0 bridgehead atoms. The lowest BCUT2D eigenvalue weighted by atomic mass is 10.2. The first kappa shape index (κ1) is 16.8. The van der Waals surface area contributed by atoms with Crippen LogP contribution in [0.1, 0.15) is 41.5 Å². The van der Waals surface area contributed by atoms with E-state index in [-0.39, 0.29) is 11.4 Å². The van der Waals surface area contributed by atoms with Crippen LogP contribution in [0.2, 0.25) is 0 Å². The predicted molar refractivity (Wildman–Crippen MR) is 77.2 cm³/mol. The summed E-state index contributed by atoms with van der Waals surface area (Å²) in [4.78, 5) is 0. The normalized spacial score (nSPS) is 13.1. The fourth-order valence-electron chi connectivity index (χ4n) is 1.36. The summed E-state index contributed by atoms with van der Waals surface area (Å²) in [6.07, 6.45) is 0. The van der Waals surface area contributed by atoms with Crippen molar-refractivity contribution in [2.24, 2.45) is 0 Å². The molecule has 6 heteroatoms. The Morgan fingerprint density at radius 3 is 1.65 bits per heavy atom. The summed E-state index contributed by atoms with van der Waals surface area (Å²) in [5.41, 5.74) is -1.15. The maximum atomic E-state index is 11.7. The minimum Gasteiger partial charge on any atom is -0.488 e. The third-order valence-electron chi connectivity index (χ3n) is 1.80. The lowest BCUT2D eigenvalue weighted by Gasteiger charge is -2.21. The molecule has 0 aromatic heterocycles. The molecule has 0 saturated heterocycles. The first-order chi connectivity index (χ1) is 8.86. The highest BCUT2D eigenvalue weighted by Crippen LogP contribution is 2.23. The van der Waals surface area contributed by atoms with Crippen molar-refractivity contribution in [3.05, 3.63) is 24.3 Å². The van der Waals surface area contributed by atoms with Crippen molar-refractivity contribution in [3.63, 3.8) is 0 Å². The van der Waals surface area contributed by atoms with Crippen LogP contribution in [0.15, 0.2) is 24.3 Å². The minimum atomic E-state index is -4.08. The van der Waals surface area contributed by atoms with Gasteiger partial charge in [0.25, 0.3) is 0 Å². The Labute approximate surface area is 121 Å². The summed E-state index contributed by atoms with van der Waals surface area (Å²) in [5, 5.41) is 0. The molecule has 0 heterocycles. The van der Waals surface area contributed by atoms with Crippen LogP contribution in [0.25, 0.3) is 0 Å². The average Bonchev–Trinajstić information content (AvgIpc) is 2.14. The molecule has 1 rings (SSSR count). The topological polar surface area (TPSA) is 61.8 Å². The molecule has 0 atom stereocenters. The van der Waals surface area contributed by atoms with Gasteiger partial charge in [-0.1, -0.05) is 0 Å². The summed E-state index contributed by atoms with van der Waals surface area (Å²) < 4.78 is 38.7. The fraction of sp³-hybridized carbons (Fsp3) is 0.571. The molecule has 114 valence electrons. The van der Waals surface area contributed by atoms with E-state index in [9.17, 15) is 8.42 Å². The molecule has 0 aliphatic heterocycles. The molecule has 0 spiro atoms. The monoisotopic (exact) mass is 302 g/mol. The zero-order valence-corrected chi connectivity index (χ0v) is 13.6. The zero-order valence-electron chi connectivity index (χ0n) is 12.8. The second-order valence-electron chi connectivity index (χ2n) is 6.37. The van der Waals surface area contributed by atoms with Crippen molar-refractivity contribution in [2.45, 2.75) is 52.7 Å². The van der Waals surface area contributed by atoms with E-state index in [1.54, 1.807) is 32.9 Å². The van der Waals surface area contributed by atoms with E-state index in [0.717, 1.165) is 0 Å². The van der Waals surface area contributed by atoms with Gasteiger partial charge in [0.15, 0.2) is 0 Å². The van der Waals surface area contributed by atoms with Gasteiger partial charge >= 0.3 is 10.4 Å². The molecule has 1 aromatic rings. The third-order valence-corrected chi connectivity index (χ3v) is 2.90. The first-order valence-corrected chi connectivity index (χ1v) is 7.64. The summed E-state index contributed by atoms with van der Waals surface area (Å²) in [7, 11) is -4.08. The Kier molecular flexibility index (Phi) is 4.71. The second kappa shape index (κ2) is 5.61. The van der Waals surface area contributed by atoms with E-state index >= 15 is 0 Å². The molecular formula is C14H22O5S. The largest absolute Gasteiger partial charge is 0.488 e. The van der Waals surface area contributed by atoms with Crippen LogP contribution < -0.4 is 8.92 Å². The Morgan fingerprint density at radius 2 is 1.25 bits per heavy atom. The summed E-state index contributed by atoms with van der Waals surface area (Å²) in [5.74, 6) is 0.814. The molecular weight excluding hydrogens is 280 g/mol. The van der Waals surface area contributed by atoms with Crippen LogP contribution >= 0.6 is 0 Å². The fourth-order valence-corrected chi connectivity index (χ4v) is 2.35. The Balaban J connectivity index is 2.75. The van der Waals surface area contributed by atoms with Crippen molar-refractivity contribution >= 4 is 10.4 Å². The van der Waals surface area contributed by atoms with E-state index in [2.05, 4.69) is 0 Å². The van der Waals surface area contributed by atoms with Gasteiger partial charge in [0, 0.05) is 0 Å². The van der Waals surface area contributed by atoms with Crippen molar-refractivity contribution in [3.8, 4) is 11.5 Å². The van der Waals surface area contributed by atoms with Crippen LogP contribution in [-0.2, 0) is 14.6 Å². The standard InChI is InChI=1S/C14H22O5S/c1-13(2,3)17-11-7-9-12(10-8-11)18-20(15,16)19-14(4,5)6/h7-10H,1-6H3. The molecule has 0 aliphatic carbocycles. The van der Waals surface area contributed by atoms with Gasteiger partial charge in [-0.3, -0.25) is 0 Å². The SMILES string of the molecule is CC(C)(C)Oc1ccc(OS(=O)(=O)OC(C)(C)C)cc1. The molecule has 0 amide bonds. The minimum absolute atomic E-state index is 0.176. The summed E-state index contributed by atoms with van der Waals surface area (Å²) >= 11 is 0. The molecule has 20 heavy (non-hydrogen) atoms. The van der Waals surface area contributed by atoms with Gasteiger partial charge in [-0.25, -0.2) is 4.18 Å². The lowest BCUT2D eigenvalue weighted by molar-refractivity contribution is 0.121. The Bertz CT molecular complexity index is 532. The highest BCUT2D eigenvalue weighted by atomic mass is 32.3. The summed E-state index contributed by atoms with van der Waals surface area (Å²) in [6.45, 7) is 10.7. The quantitative estimate of drug-likeness (QED) is 0.854. The van der Waals surface area contributed by atoms with E-state index < -0.39 is 16.0 Å². The van der Waals surface area contributed by atoms with Crippen molar-refractivity contribution in [1.29, 1.82) is 0 Å².